The van der Waals surface area contributed by atoms with Crippen molar-refractivity contribution in [3.8, 4) is 0 Å². The average molecular weight is 121 g/mol. The number of nitrogens with zero attached hydrogens (tertiary/aromatic N) is 1. The van der Waals surface area contributed by atoms with Crippen molar-refractivity contribution in [3.05, 3.63) is 37.0 Å². The Morgan fingerprint density at radius 1 is 1.78 bits per heavy atom. The highest BCUT2D eigenvalue weighted by Crippen LogP contribution is 1.99. The summed E-state index contributed by atoms with van der Waals surface area (Å²) >= 11 is 0. The molecule has 0 aromatic rings. The first-order valence-electron chi connectivity index (χ1n) is 2.85. The molecule has 0 unspecified atom stereocenters. The minimum Gasteiger partial charge on any atom is -0.365 e. The first kappa shape index (κ1) is 5.95. The zero-order valence-electron chi connectivity index (χ0n) is 5.17. The lowest BCUT2D eigenvalue weighted by Gasteiger charge is -2.05. The van der Waals surface area contributed by atoms with Crippen LogP contribution in [0.1, 0.15) is 6.42 Å². The van der Waals surface area contributed by atoms with Gasteiger partial charge in [0.15, 0.2) is 0 Å². The summed E-state index contributed by atoms with van der Waals surface area (Å²) in [4.78, 5) is 0. The van der Waals surface area contributed by atoms with Crippen molar-refractivity contribution in [1.82, 2.24) is 10.6 Å². The molecule has 0 amide bonds. The Kier molecular flexibility index (Phi) is 1.96. The molecule has 0 spiro atoms. The third-order valence-electron chi connectivity index (χ3n) is 1.01. The lowest BCUT2D eigenvalue weighted by atomic mass is 10.3. The summed E-state index contributed by atoms with van der Waals surface area (Å²) in [6, 6.07) is 0. The van der Waals surface area contributed by atoms with E-state index in [1.54, 1.807) is 12.4 Å². The maximum absolute atomic E-state index is 4.07. The van der Waals surface area contributed by atoms with E-state index in [9.17, 15) is 0 Å². The van der Waals surface area contributed by atoms with Crippen LogP contribution in [0.4, 0.5) is 0 Å². The van der Waals surface area contributed by atoms with Crippen molar-refractivity contribution in [1.29, 1.82) is 0 Å². The molecule has 1 rings (SSSR count). The number of hydrogen-bond donors (Lipinski definition) is 1. The maximum Gasteiger partial charge on any atom is 0.0601 e. The Labute approximate surface area is 55.0 Å². The summed E-state index contributed by atoms with van der Waals surface area (Å²) in [5, 5.41) is 7.00. The second-order valence-electron chi connectivity index (χ2n) is 1.74. The van der Waals surface area contributed by atoms with Crippen LogP contribution in [0.2, 0.25) is 0 Å². The molecule has 9 heavy (non-hydrogen) atoms. The SMILES string of the molecule is C=CCC1=CNC=C[N]1. The molecule has 0 aromatic carbocycles. The van der Waals surface area contributed by atoms with Gasteiger partial charge in [-0.2, -0.15) is 0 Å². The second kappa shape index (κ2) is 2.97. The summed E-state index contributed by atoms with van der Waals surface area (Å²) in [5.74, 6) is 0. The zero-order chi connectivity index (χ0) is 6.53. The minimum absolute atomic E-state index is 0.831. The van der Waals surface area contributed by atoms with Gasteiger partial charge in [0.1, 0.15) is 0 Å². The van der Waals surface area contributed by atoms with E-state index >= 15 is 0 Å². The first-order valence-corrected chi connectivity index (χ1v) is 2.85. The van der Waals surface area contributed by atoms with Gasteiger partial charge in [-0.05, 0) is 0 Å². The first-order chi connectivity index (χ1) is 4.43. The van der Waals surface area contributed by atoms with Crippen LogP contribution in [0.3, 0.4) is 0 Å². The highest BCUT2D eigenvalue weighted by molar-refractivity contribution is 5.10. The van der Waals surface area contributed by atoms with E-state index < -0.39 is 0 Å². The van der Waals surface area contributed by atoms with Crippen molar-refractivity contribution >= 4 is 0 Å². The molecule has 2 heteroatoms. The molecule has 1 heterocycles. The van der Waals surface area contributed by atoms with Crippen LogP contribution < -0.4 is 10.6 Å². The van der Waals surface area contributed by atoms with E-state index in [2.05, 4.69) is 17.2 Å². The fourth-order valence-corrected chi connectivity index (χ4v) is 0.617. The van der Waals surface area contributed by atoms with Gasteiger partial charge in [-0.3, -0.25) is 5.32 Å². The molecule has 0 bridgehead atoms. The van der Waals surface area contributed by atoms with E-state index in [4.69, 9.17) is 0 Å². The molecule has 47 valence electrons. The Morgan fingerprint density at radius 3 is 3.22 bits per heavy atom. The molecule has 1 N–H and O–H groups in total. The predicted octanol–water partition coefficient (Wildman–Crippen LogP) is 1.08. The van der Waals surface area contributed by atoms with Crippen molar-refractivity contribution in [2.24, 2.45) is 0 Å². The third kappa shape index (κ3) is 1.64. The van der Waals surface area contributed by atoms with Gasteiger partial charge in [-0.1, -0.05) is 6.08 Å². The Morgan fingerprint density at radius 2 is 2.67 bits per heavy atom. The average Bonchev–Trinajstić information content (AvgIpc) is 1.91. The standard InChI is InChI=1S/C7H9N2/c1-2-3-7-6-8-4-5-9-7/h2,4-6,8H,1,3H2. The number of rotatable bonds is 2. The molecule has 0 saturated heterocycles. The highest BCUT2D eigenvalue weighted by atomic mass is 15.0. The molecule has 0 fully saturated rings. The monoisotopic (exact) mass is 121 g/mol. The number of allylic oxidation sites excluding steroid dienone is 1. The number of hydrogen-bond acceptors (Lipinski definition) is 1. The van der Waals surface area contributed by atoms with Crippen LogP contribution in [0.25, 0.3) is 0 Å². The molecular weight excluding hydrogens is 112 g/mol. The summed E-state index contributed by atoms with van der Waals surface area (Å²) in [5.41, 5.74) is 1.02. The zero-order valence-corrected chi connectivity index (χ0v) is 5.17. The van der Waals surface area contributed by atoms with Crippen LogP contribution in [0.15, 0.2) is 37.0 Å². The summed E-state index contributed by atoms with van der Waals surface area (Å²) in [7, 11) is 0. The lowest BCUT2D eigenvalue weighted by Crippen LogP contribution is -2.08. The van der Waals surface area contributed by atoms with E-state index in [0.717, 1.165) is 12.1 Å². The van der Waals surface area contributed by atoms with Crippen LogP contribution in [0.5, 0.6) is 0 Å². The summed E-state index contributed by atoms with van der Waals surface area (Å²) in [6.45, 7) is 3.60. The molecule has 0 aliphatic carbocycles. The van der Waals surface area contributed by atoms with Gasteiger partial charge < -0.3 is 5.32 Å². The van der Waals surface area contributed by atoms with Crippen molar-refractivity contribution < 1.29 is 0 Å². The normalized spacial score (nSPS) is 15.3. The van der Waals surface area contributed by atoms with Crippen molar-refractivity contribution in [2.75, 3.05) is 0 Å². The van der Waals surface area contributed by atoms with Gasteiger partial charge in [0.2, 0.25) is 0 Å². The Balaban J connectivity index is 2.40. The predicted molar refractivity (Wildman–Crippen MR) is 37.3 cm³/mol. The van der Waals surface area contributed by atoms with Crippen LogP contribution in [-0.4, -0.2) is 0 Å². The minimum atomic E-state index is 0.831. The largest absolute Gasteiger partial charge is 0.365 e. The van der Waals surface area contributed by atoms with Crippen LogP contribution in [0, 0.1) is 0 Å². The fraction of sp³-hybridized carbons (Fsp3) is 0.143. The van der Waals surface area contributed by atoms with E-state index in [-0.39, 0.29) is 0 Å². The van der Waals surface area contributed by atoms with Gasteiger partial charge in [0.25, 0.3) is 0 Å². The van der Waals surface area contributed by atoms with Gasteiger partial charge >= 0.3 is 0 Å². The Bertz CT molecular complexity index is 152. The molecular formula is C7H9N2. The molecule has 2 nitrogen and oxygen atoms in total. The van der Waals surface area contributed by atoms with Crippen molar-refractivity contribution in [2.45, 2.75) is 6.42 Å². The van der Waals surface area contributed by atoms with Crippen LogP contribution in [-0.2, 0) is 0 Å². The van der Waals surface area contributed by atoms with Gasteiger partial charge in [-0.25, -0.2) is 0 Å². The quantitative estimate of drug-likeness (QED) is 0.543. The summed E-state index contributed by atoms with van der Waals surface area (Å²) < 4.78 is 0. The molecule has 1 radical (unpaired) electrons. The molecule has 1 aliphatic heterocycles. The fourth-order valence-electron chi connectivity index (χ4n) is 0.617. The van der Waals surface area contributed by atoms with Crippen LogP contribution >= 0.6 is 0 Å². The summed E-state index contributed by atoms with van der Waals surface area (Å²) in [6.07, 6.45) is 8.04. The van der Waals surface area contributed by atoms with Gasteiger partial charge in [0, 0.05) is 25.0 Å². The third-order valence-corrected chi connectivity index (χ3v) is 1.01. The van der Waals surface area contributed by atoms with Crippen molar-refractivity contribution in [3.63, 3.8) is 0 Å². The highest BCUT2D eigenvalue weighted by Gasteiger charge is 1.93. The Hall–Kier alpha value is -1.18. The van der Waals surface area contributed by atoms with Gasteiger partial charge in [0.05, 0.1) is 5.70 Å². The maximum atomic E-state index is 4.07. The number of nitrogens with one attached hydrogen (secondary N) is 1. The van der Waals surface area contributed by atoms with E-state index in [1.807, 2.05) is 12.3 Å². The lowest BCUT2D eigenvalue weighted by molar-refractivity contribution is 0.902. The molecule has 0 atom stereocenters. The van der Waals surface area contributed by atoms with E-state index in [1.165, 1.54) is 0 Å². The molecule has 0 aromatic heterocycles. The smallest absolute Gasteiger partial charge is 0.0601 e. The molecule has 1 aliphatic rings. The topological polar surface area (TPSA) is 26.1 Å². The van der Waals surface area contributed by atoms with Gasteiger partial charge in [-0.15, -0.1) is 6.58 Å². The molecule has 0 saturated carbocycles. The second-order valence-corrected chi connectivity index (χ2v) is 1.74. The van der Waals surface area contributed by atoms with E-state index in [0.29, 0.717) is 0 Å².